The summed E-state index contributed by atoms with van der Waals surface area (Å²) in [6.45, 7) is 2.34. The van der Waals surface area contributed by atoms with E-state index in [4.69, 9.17) is 0 Å². The maximum absolute atomic E-state index is 13.8. The topological polar surface area (TPSA) is 71.3 Å². The maximum atomic E-state index is 13.8. The molecule has 0 spiro atoms. The fourth-order valence-electron chi connectivity index (χ4n) is 4.63. The fraction of sp³-hybridized carbons (Fsp3) is 0.500. The predicted octanol–water partition coefficient (Wildman–Crippen LogP) is 4.17. The maximum Gasteiger partial charge on any atom is 0.449 e. The summed E-state index contributed by atoms with van der Waals surface area (Å²) in [4.78, 5) is 37.9. The van der Waals surface area contributed by atoms with Crippen molar-refractivity contribution in [2.45, 2.75) is 50.9 Å². The van der Waals surface area contributed by atoms with Crippen LogP contribution in [0.2, 0.25) is 0 Å². The van der Waals surface area contributed by atoms with Gasteiger partial charge in [0.15, 0.2) is 21.3 Å². The second-order valence-corrected chi connectivity index (χ2v) is 10.1. The highest BCUT2D eigenvalue weighted by Crippen LogP contribution is 2.35. The number of alkyl halides is 3. The quantitative estimate of drug-likeness (QED) is 0.456. The molecule has 3 aromatic rings. The molecule has 0 bridgehead atoms. The molecular weight excluding hydrogens is 479 g/mol. The van der Waals surface area contributed by atoms with Gasteiger partial charge in [-0.15, -0.1) is 0 Å². The number of nitrogens with zero attached hydrogens (tertiary/aromatic N) is 5. The average molecular weight is 508 g/mol. The van der Waals surface area contributed by atoms with E-state index in [1.54, 1.807) is 25.9 Å². The van der Waals surface area contributed by atoms with E-state index in [1.165, 1.54) is 0 Å². The zero-order chi connectivity index (χ0) is 25.3. The number of carbonyl (C=O) groups is 1. The number of halogens is 3. The van der Waals surface area contributed by atoms with E-state index in [-0.39, 0.29) is 22.7 Å². The molecule has 1 saturated heterocycles. The van der Waals surface area contributed by atoms with E-state index >= 15 is 0 Å². The summed E-state index contributed by atoms with van der Waals surface area (Å²) in [5, 5.41) is 0.367. The van der Waals surface area contributed by atoms with E-state index < -0.39 is 29.6 Å². The standard InChI is InChI=1S/C24H28F3N5O2S/c1-15(14-30(2)3)32-21(34)19-20(29-22(32)24(25,26)27)35-23(28-19)31-13-7-10-17(31)18(33)12-11-16-8-5-4-6-9-16/h4-6,8-9,15,17H,7,10-14H2,1-3H3/t15-,17-/m1/s1. The van der Waals surface area contributed by atoms with Crippen molar-refractivity contribution in [3.63, 3.8) is 0 Å². The molecule has 0 aliphatic carbocycles. The summed E-state index contributed by atoms with van der Waals surface area (Å²) < 4.78 is 42.2. The molecule has 0 unspecified atom stereocenters. The van der Waals surface area contributed by atoms with Crippen molar-refractivity contribution in [2.75, 3.05) is 32.1 Å². The zero-order valence-electron chi connectivity index (χ0n) is 19.9. The van der Waals surface area contributed by atoms with Gasteiger partial charge in [-0.2, -0.15) is 13.2 Å². The van der Waals surface area contributed by atoms with E-state index in [0.29, 0.717) is 35.5 Å². The number of thiazole rings is 1. The number of likely N-dealkylation sites (N-methyl/N-ethyl adjacent to an activating group) is 1. The Hall–Kier alpha value is -2.79. The number of hydrogen-bond acceptors (Lipinski definition) is 7. The average Bonchev–Trinajstić information content (AvgIpc) is 3.44. The SMILES string of the molecule is C[C@H](CN(C)C)n1c(C(F)(F)F)nc2sc(N3CCC[C@@H]3C(=O)CCc3ccccc3)nc2c1=O. The largest absolute Gasteiger partial charge is 0.449 e. The van der Waals surface area contributed by atoms with Crippen LogP contribution in [0.25, 0.3) is 10.3 Å². The molecule has 1 aromatic carbocycles. The number of ketones is 1. The van der Waals surface area contributed by atoms with Crippen molar-refractivity contribution in [1.29, 1.82) is 0 Å². The molecule has 0 saturated carbocycles. The van der Waals surface area contributed by atoms with E-state index in [1.807, 2.05) is 35.2 Å². The minimum atomic E-state index is -4.79. The predicted molar refractivity (Wildman–Crippen MR) is 130 cm³/mol. The van der Waals surface area contributed by atoms with Gasteiger partial charge >= 0.3 is 6.18 Å². The minimum Gasteiger partial charge on any atom is -0.338 e. The second kappa shape index (κ2) is 10.1. The van der Waals surface area contributed by atoms with Crippen molar-refractivity contribution in [3.8, 4) is 0 Å². The van der Waals surface area contributed by atoms with Crippen LogP contribution >= 0.6 is 11.3 Å². The molecule has 0 radical (unpaired) electrons. The number of carbonyl (C=O) groups excluding carboxylic acids is 1. The number of aryl methyl sites for hydroxylation is 1. The Morgan fingerprint density at radius 2 is 1.94 bits per heavy atom. The van der Waals surface area contributed by atoms with Crippen molar-refractivity contribution in [3.05, 3.63) is 52.1 Å². The third-order valence-corrected chi connectivity index (χ3v) is 7.14. The van der Waals surface area contributed by atoms with Crippen molar-refractivity contribution in [2.24, 2.45) is 0 Å². The normalized spacial score (nSPS) is 17.5. The second-order valence-electron chi connectivity index (χ2n) is 9.17. The molecule has 2 aromatic heterocycles. The zero-order valence-corrected chi connectivity index (χ0v) is 20.7. The number of benzene rings is 1. The van der Waals surface area contributed by atoms with Crippen LogP contribution in [-0.4, -0.2) is 58.4 Å². The highest BCUT2D eigenvalue weighted by atomic mass is 32.1. The number of hydrogen-bond donors (Lipinski definition) is 0. The Labute approximate surface area is 205 Å². The summed E-state index contributed by atoms with van der Waals surface area (Å²) in [5.41, 5.74) is 0.165. The van der Waals surface area contributed by atoms with Crippen LogP contribution in [-0.2, 0) is 17.4 Å². The van der Waals surface area contributed by atoms with Crippen molar-refractivity contribution < 1.29 is 18.0 Å². The monoisotopic (exact) mass is 507 g/mol. The highest BCUT2D eigenvalue weighted by Gasteiger charge is 2.40. The number of anilines is 1. The summed E-state index contributed by atoms with van der Waals surface area (Å²) >= 11 is 0.937. The van der Waals surface area contributed by atoms with E-state index in [0.717, 1.165) is 23.3 Å². The highest BCUT2D eigenvalue weighted by molar-refractivity contribution is 7.21. The van der Waals surface area contributed by atoms with Crippen LogP contribution in [0.15, 0.2) is 35.1 Å². The molecule has 2 atom stereocenters. The molecule has 4 rings (SSSR count). The summed E-state index contributed by atoms with van der Waals surface area (Å²) in [6.07, 6.45) is -2.39. The van der Waals surface area contributed by atoms with Crippen LogP contribution in [0.5, 0.6) is 0 Å². The third-order valence-electron chi connectivity index (χ3n) is 6.15. The first-order valence-corrected chi connectivity index (χ1v) is 12.4. The third kappa shape index (κ3) is 5.40. The van der Waals surface area contributed by atoms with Crippen molar-refractivity contribution >= 4 is 32.6 Å². The number of fused-ring (bicyclic) bond motifs is 1. The molecule has 1 fully saturated rings. The van der Waals surface area contributed by atoms with Gasteiger partial charge in [0, 0.05) is 25.6 Å². The van der Waals surface area contributed by atoms with Gasteiger partial charge in [-0.3, -0.25) is 14.2 Å². The van der Waals surface area contributed by atoms with E-state index in [2.05, 4.69) is 9.97 Å². The van der Waals surface area contributed by atoms with Gasteiger partial charge in [-0.25, -0.2) is 9.97 Å². The Morgan fingerprint density at radius 1 is 1.23 bits per heavy atom. The summed E-state index contributed by atoms with van der Waals surface area (Å²) in [7, 11) is 3.45. The van der Waals surface area contributed by atoms with Crippen LogP contribution in [0.3, 0.4) is 0 Å². The van der Waals surface area contributed by atoms with Crippen LogP contribution in [0, 0.1) is 0 Å². The Morgan fingerprint density at radius 3 is 2.60 bits per heavy atom. The number of Topliss-reactive ketones (excluding diaryl/α,β-unsaturated/α-hetero) is 1. The molecule has 1 aliphatic heterocycles. The van der Waals surface area contributed by atoms with E-state index in [9.17, 15) is 22.8 Å². The lowest BCUT2D eigenvalue weighted by Gasteiger charge is -2.22. The van der Waals surface area contributed by atoms with Gasteiger partial charge in [0.25, 0.3) is 5.56 Å². The molecule has 188 valence electrons. The molecule has 35 heavy (non-hydrogen) atoms. The lowest BCUT2D eigenvalue weighted by Crippen LogP contribution is -2.36. The Kier molecular flexibility index (Phi) is 7.27. The molecule has 0 N–H and O–H groups in total. The Balaban J connectivity index is 1.66. The summed E-state index contributed by atoms with van der Waals surface area (Å²) in [5.74, 6) is -1.16. The summed E-state index contributed by atoms with van der Waals surface area (Å²) in [6, 6.07) is 8.56. The number of rotatable bonds is 8. The molecule has 3 heterocycles. The first-order valence-electron chi connectivity index (χ1n) is 11.5. The smallest absolute Gasteiger partial charge is 0.338 e. The van der Waals surface area contributed by atoms with Gasteiger partial charge in [0.1, 0.15) is 0 Å². The lowest BCUT2D eigenvalue weighted by molar-refractivity contribution is -0.148. The lowest BCUT2D eigenvalue weighted by atomic mass is 10.0. The first-order chi connectivity index (χ1) is 16.6. The molecule has 0 amide bonds. The van der Waals surface area contributed by atoms with Crippen molar-refractivity contribution in [1.82, 2.24) is 19.4 Å². The van der Waals surface area contributed by atoms with Gasteiger partial charge in [-0.05, 0) is 45.8 Å². The molecule has 7 nitrogen and oxygen atoms in total. The number of aromatic nitrogens is 3. The Bertz CT molecular complexity index is 1260. The molecule has 1 aliphatic rings. The van der Waals surface area contributed by atoms with Gasteiger partial charge in [0.05, 0.1) is 6.04 Å². The van der Waals surface area contributed by atoms with Crippen LogP contribution < -0.4 is 10.5 Å². The minimum absolute atomic E-state index is 0.0616. The van der Waals surface area contributed by atoms with Crippen LogP contribution in [0.1, 0.15) is 43.6 Å². The van der Waals surface area contributed by atoms with Gasteiger partial charge in [-0.1, -0.05) is 41.7 Å². The first kappa shape index (κ1) is 25.3. The van der Waals surface area contributed by atoms with Gasteiger partial charge in [0.2, 0.25) is 5.82 Å². The van der Waals surface area contributed by atoms with Crippen LogP contribution in [0.4, 0.5) is 18.3 Å². The molecular formula is C24H28F3N5O2S. The van der Waals surface area contributed by atoms with Gasteiger partial charge < -0.3 is 9.80 Å². The molecule has 11 heteroatoms. The fourth-order valence-corrected chi connectivity index (χ4v) is 5.63.